The second-order valence-electron chi connectivity index (χ2n) is 1.85. The Morgan fingerprint density at radius 2 is 0.303 bits per heavy atom. The SMILES string of the molecule is O=[N+]([O-])O.O=[N+]([O-])O.O=[N+]([O-])O.O=[N+]([O-])O.O=[N+]([O-])[O-].O=[N+]([O-])[O-].O=[N+]([O-])[O-].O=[N+]([O-])[O-].[Ru+4]. The molecule has 0 heterocycles. The fourth-order valence-corrected chi connectivity index (χ4v) is 0. The van der Waals surface area contributed by atoms with Crippen LogP contribution in [0.4, 0.5) is 0 Å². The van der Waals surface area contributed by atoms with Crippen molar-refractivity contribution in [3.63, 3.8) is 0 Å². The predicted octanol–water partition coefficient (Wildman–Crippen LogP) is -2.35. The molecule has 0 bridgehead atoms. The van der Waals surface area contributed by atoms with Gasteiger partial charge in [-0.2, -0.15) is 0 Å². The monoisotopic (exact) mass is 602 g/mol. The molecule has 196 valence electrons. The fraction of sp³-hybridized carbons (Fsp3) is 0. The summed E-state index contributed by atoms with van der Waals surface area (Å²) in [5.74, 6) is 0. The van der Waals surface area contributed by atoms with Crippen LogP contribution in [0.2, 0.25) is 0 Å². The molecule has 0 aliphatic rings. The average molecular weight is 601 g/mol. The van der Waals surface area contributed by atoms with Gasteiger partial charge in [-0.1, -0.05) is 0 Å². The Morgan fingerprint density at radius 1 is 0.303 bits per heavy atom. The van der Waals surface area contributed by atoms with E-state index in [0.717, 1.165) is 0 Å². The molecule has 4 N–H and O–H groups in total. The maximum absolute atomic E-state index is 8.36. The van der Waals surface area contributed by atoms with Crippen LogP contribution in [0.5, 0.6) is 0 Å². The van der Waals surface area contributed by atoms with Crippen molar-refractivity contribution in [3.8, 4) is 0 Å². The number of hydrogen-bond acceptors (Lipinski definition) is 20. The van der Waals surface area contributed by atoms with Crippen molar-refractivity contribution in [3.05, 3.63) is 102 Å². The first-order chi connectivity index (χ1) is 13.9. The number of hydrogen-bond donors (Lipinski definition) is 4. The Morgan fingerprint density at radius 3 is 0.303 bits per heavy atom. The van der Waals surface area contributed by atoms with Crippen LogP contribution in [0.3, 0.4) is 0 Å². The molecule has 33 heavy (non-hydrogen) atoms. The van der Waals surface area contributed by atoms with Gasteiger partial charge < -0.3 is 82.1 Å². The van der Waals surface area contributed by atoms with Gasteiger partial charge in [0.2, 0.25) is 0 Å². The first-order valence-electron chi connectivity index (χ1n) is 4.45. The van der Waals surface area contributed by atoms with Crippen molar-refractivity contribution in [2.45, 2.75) is 0 Å². The van der Waals surface area contributed by atoms with Crippen LogP contribution in [-0.2, 0) is 19.5 Å². The fourth-order valence-electron chi connectivity index (χ4n) is 0. The van der Waals surface area contributed by atoms with Crippen molar-refractivity contribution in [2.24, 2.45) is 0 Å². The molecule has 0 fully saturated rings. The standard InChI is InChI=1S/4HNO3.4NO3.Ru/c8*2-1(3)4;/h4*(H,2,3,4);;;;;/q;;;;4*-1;+4. The Hall–Kier alpha value is -5.78. The molecule has 0 aromatic carbocycles. The number of rotatable bonds is 0. The van der Waals surface area contributed by atoms with Crippen LogP contribution in [-0.4, -0.2) is 61.5 Å². The summed E-state index contributed by atoms with van der Waals surface area (Å²) in [4.78, 5) is 66.4. The molecule has 0 unspecified atom stereocenters. The van der Waals surface area contributed by atoms with Crippen molar-refractivity contribution in [1.82, 2.24) is 0 Å². The van der Waals surface area contributed by atoms with E-state index in [1.165, 1.54) is 0 Å². The Bertz CT molecular complexity index is 361. The molecule has 32 nitrogen and oxygen atoms in total. The third-order valence-electron chi connectivity index (χ3n) is 0. The maximum Gasteiger partial charge on any atom is 4.00 e. The molecule has 0 rings (SSSR count). The average Bonchev–Trinajstić information content (AvgIpc) is 2.30. The van der Waals surface area contributed by atoms with E-state index in [-0.39, 0.29) is 19.5 Å². The summed E-state index contributed by atoms with van der Waals surface area (Å²) in [7, 11) is 0. The summed E-state index contributed by atoms with van der Waals surface area (Å²) in [6.45, 7) is 0. The zero-order chi connectivity index (χ0) is 28.6. The van der Waals surface area contributed by atoms with Crippen LogP contribution in [0, 0.1) is 102 Å². The van der Waals surface area contributed by atoms with E-state index >= 15 is 0 Å². The Labute approximate surface area is 184 Å². The van der Waals surface area contributed by atoms with Crippen LogP contribution in [0.1, 0.15) is 0 Å². The normalized spacial score (nSPS) is 5.82. The van der Waals surface area contributed by atoms with Gasteiger partial charge in [-0.25, -0.2) is 0 Å². The first kappa shape index (κ1) is 56.4. The zero-order valence-corrected chi connectivity index (χ0v) is 15.6. The van der Waals surface area contributed by atoms with E-state index in [9.17, 15) is 0 Å². The molecule has 0 aliphatic heterocycles. The van der Waals surface area contributed by atoms with E-state index in [4.69, 9.17) is 123 Å². The maximum atomic E-state index is 8.36. The molecule has 0 aromatic heterocycles. The van der Waals surface area contributed by atoms with Gasteiger partial charge in [0.25, 0.3) is 20.3 Å². The van der Waals surface area contributed by atoms with Gasteiger partial charge in [0.15, 0.2) is 0 Å². The Kier molecular flexibility index (Phi) is 85.8. The summed E-state index contributed by atoms with van der Waals surface area (Å²) in [6.07, 6.45) is 0. The van der Waals surface area contributed by atoms with E-state index in [0.29, 0.717) is 0 Å². The zero-order valence-electron chi connectivity index (χ0n) is 13.9. The van der Waals surface area contributed by atoms with Gasteiger partial charge in [-0.15, -0.1) is 40.5 Å². The van der Waals surface area contributed by atoms with Crippen molar-refractivity contribution >= 4 is 0 Å². The van der Waals surface area contributed by atoms with Crippen LogP contribution < -0.4 is 0 Å². The Balaban J connectivity index is -0.0000000284. The largest absolute Gasteiger partial charge is 4.00 e. The molecular weight excluding hydrogens is 597 g/mol. The van der Waals surface area contributed by atoms with Crippen LogP contribution in [0.25, 0.3) is 0 Å². The van der Waals surface area contributed by atoms with E-state index in [2.05, 4.69) is 0 Å². The molecule has 0 saturated heterocycles. The van der Waals surface area contributed by atoms with Gasteiger partial charge in [0.05, 0.1) is 20.3 Å². The van der Waals surface area contributed by atoms with Gasteiger partial charge >= 0.3 is 19.5 Å². The molecule has 0 amide bonds. The molecule has 0 aliphatic carbocycles. The molecule has 33 heteroatoms. The van der Waals surface area contributed by atoms with Crippen LogP contribution >= 0.6 is 0 Å². The predicted molar refractivity (Wildman–Crippen MR) is 76.6 cm³/mol. The second kappa shape index (κ2) is 50.2. The minimum Gasteiger partial charge on any atom is -0.356 e. The summed E-state index contributed by atoms with van der Waals surface area (Å²) in [5, 5.41) is 114. The van der Waals surface area contributed by atoms with Crippen molar-refractivity contribution in [1.29, 1.82) is 0 Å². The molecule has 0 atom stereocenters. The van der Waals surface area contributed by atoms with E-state index in [1.54, 1.807) is 0 Å². The third-order valence-corrected chi connectivity index (χ3v) is 0. The second-order valence-corrected chi connectivity index (χ2v) is 1.85. The van der Waals surface area contributed by atoms with E-state index in [1.807, 2.05) is 0 Å². The van der Waals surface area contributed by atoms with Crippen molar-refractivity contribution < 1.29 is 81.0 Å². The summed E-state index contributed by atoms with van der Waals surface area (Å²) >= 11 is 0. The topological polar surface area (TPSA) is 518 Å². The first-order valence-corrected chi connectivity index (χ1v) is 4.45. The molecule has 0 saturated carbocycles. The molecular formula is H4N8O24Ru. The van der Waals surface area contributed by atoms with Gasteiger partial charge in [-0.3, -0.25) is 0 Å². The van der Waals surface area contributed by atoms with Gasteiger partial charge in [-0.05, 0) is 0 Å². The minimum absolute atomic E-state index is 0. The van der Waals surface area contributed by atoms with Gasteiger partial charge in [0.1, 0.15) is 0 Å². The van der Waals surface area contributed by atoms with Crippen molar-refractivity contribution in [2.75, 3.05) is 0 Å². The summed E-state index contributed by atoms with van der Waals surface area (Å²) < 4.78 is 0. The molecule has 0 spiro atoms. The third kappa shape index (κ3) is 461. The number of nitrogens with zero attached hydrogens (tertiary/aromatic N) is 8. The smallest absolute Gasteiger partial charge is 0.356 e. The van der Waals surface area contributed by atoms with Crippen LogP contribution in [0.15, 0.2) is 0 Å². The molecule has 0 radical (unpaired) electrons. The molecule has 0 aromatic rings. The minimum atomic E-state index is -1.75. The quantitative estimate of drug-likeness (QED) is 0.128. The van der Waals surface area contributed by atoms with Gasteiger partial charge in [0, 0.05) is 0 Å². The van der Waals surface area contributed by atoms with E-state index < -0.39 is 40.7 Å². The summed E-state index contributed by atoms with van der Waals surface area (Å²) in [5.41, 5.74) is 0. The summed E-state index contributed by atoms with van der Waals surface area (Å²) in [6, 6.07) is 0.